The number of aromatic nitrogens is 1. The number of nitrogens with zero attached hydrogens (tertiary/aromatic N) is 2. The second-order valence-corrected chi connectivity index (χ2v) is 5.02. The van der Waals surface area contributed by atoms with E-state index in [0.717, 1.165) is 13.1 Å². The van der Waals surface area contributed by atoms with Crippen LogP contribution in [-0.4, -0.2) is 36.1 Å². The minimum absolute atomic E-state index is 0.971. The SMILES string of the molecule is c1ncc(CNCCN2CCCCC2)s1. The highest BCUT2D eigenvalue weighted by molar-refractivity contribution is 7.09. The third-order valence-electron chi connectivity index (χ3n) is 2.84. The Labute approximate surface area is 95.5 Å². The van der Waals surface area contributed by atoms with Crippen molar-refractivity contribution in [1.82, 2.24) is 15.2 Å². The summed E-state index contributed by atoms with van der Waals surface area (Å²) in [7, 11) is 0. The third kappa shape index (κ3) is 3.89. The number of hydrogen-bond acceptors (Lipinski definition) is 4. The molecule has 0 spiro atoms. The quantitative estimate of drug-likeness (QED) is 0.773. The summed E-state index contributed by atoms with van der Waals surface area (Å²) in [6, 6.07) is 0. The summed E-state index contributed by atoms with van der Waals surface area (Å²) >= 11 is 1.72. The maximum Gasteiger partial charge on any atom is 0.0794 e. The van der Waals surface area contributed by atoms with Crippen LogP contribution in [0.15, 0.2) is 11.7 Å². The van der Waals surface area contributed by atoms with E-state index < -0.39 is 0 Å². The van der Waals surface area contributed by atoms with E-state index in [-0.39, 0.29) is 0 Å². The van der Waals surface area contributed by atoms with Crippen molar-refractivity contribution in [2.45, 2.75) is 25.8 Å². The second kappa shape index (κ2) is 6.20. The monoisotopic (exact) mass is 225 g/mol. The van der Waals surface area contributed by atoms with E-state index in [1.807, 2.05) is 11.7 Å². The van der Waals surface area contributed by atoms with E-state index in [2.05, 4.69) is 15.2 Å². The third-order valence-corrected chi connectivity index (χ3v) is 3.62. The lowest BCUT2D eigenvalue weighted by atomic mass is 10.1. The Hall–Kier alpha value is -0.450. The van der Waals surface area contributed by atoms with E-state index in [9.17, 15) is 0 Å². The molecule has 2 rings (SSSR count). The molecule has 0 amide bonds. The zero-order valence-corrected chi connectivity index (χ0v) is 9.93. The van der Waals surface area contributed by atoms with E-state index in [1.165, 1.54) is 43.8 Å². The molecule has 15 heavy (non-hydrogen) atoms. The van der Waals surface area contributed by atoms with Crippen molar-refractivity contribution in [3.05, 3.63) is 16.6 Å². The van der Waals surface area contributed by atoms with Gasteiger partial charge in [0, 0.05) is 30.7 Å². The minimum atomic E-state index is 0.971. The molecule has 0 saturated carbocycles. The van der Waals surface area contributed by atoms with Crippen LogP contribution in [0.3, 0.4) is 0 Å². The topological polar surface area (TPSA) is 28.2 Å². The molecule has 0 radical (unpaired) electrons. The fraction of sp³-hybridized carbons (Fsp3) is 0.727. The van der Waals surface area contributed by atoms with Crippen molar-refractivity contribution in [1.29, 1.82) is 0 Å². The first-order valence-electron chi connectivity index (χ1n) is 5.75. The molecule has 1 saturated heterocycles. The van der Waals surface area contributed by atoms with Crippen LogP contribution in [0, 0.1) is 0 Å². The van der Waals surface area contributed by atoms with Crippen LogP contribution in [0.1, 0.15) is 24.1 Å². The van der Waals surface area contributed by atoms with Gasteiger partial charge >= 0.3 is 0 Å². The van der Waals surface area contributed by atoms with Crippen molar-refractivity contribution in [3.8, 4) is 0 Å². The molecule has 0 aliphatic carbocycles. The molecule has 1 aliphatic heterocycles. The smallest absolute Gasteiger partial charge is 0.0794 e. The highest BCUT2D eigenvalue weighted by Gasteiger charge is 2.08. The summed E-state index contributed by atoms with van der Waals surface area (Å²) in [6.07, 6.45) is 6.13. The van der Waals surface area contributed by atoms with Crippen molar-refractivity contribution in [2.24, 2.45) is 0 Å². The lowest BCUT2D eigenvalue weighted by Crippen LogP contribution is -2.35. The summed E-state index contributed by atoms with van der Waals surface area (Å²) in [5.74, 6) is 0. The van der Waals surface area contributed by atoms with E-state index in [0.29, 0.717) is 0 Å². The maximum atomic E-state index is 4.06. The minimum Gasteiger partial charge on any atom is -0.311 e. The molecular formula is C11H19N3S. The first-order valence-corrected chi connectivity index (χ1v) is 6.63. The summed E-state index contributed by atoms with van der Waals surface area (Å²) in [4.78, 5) is 7.95. The van der Waals surface area contributed by atoms with Crippen LogP contribution in [-0.2, 0) is 6.54 Å². The molecule has 0 aromatic carbocycles. The molecule has 0 unspecified atom stereocenters. The summed E-state index contributed by atoms with van der Waals surface area (Å²) in [5.41, 5.74) is 1.89. The first-order chi connectivity index (χ1) is 7.45. The van der Waals surface area contributed by atoms with Crippen LogP contribution in [0.5, 0.6) is 0 Å². The van der Waals surface area contributed by atoms with Gasteiger partial charge in [0.1, 0.15) is 0 Å². The number of hydrogen-bond donors (Lipinski definition) is 1. The largest absolute Gasteiger partial charge is 0.311 e. The molecule has 1 N–H and O–H groups in total. The number of piperidine rings is 1. The molecule has 4 heteroatoms. The number of nitrogens with one attached hydrogen (secondary N) is 1. The number of thiazole rings is 1. The van der Waals surface area contributed by atoms with Gasteiger partial charge in [-0.1, -0.05) is 6.42 Å². The molecular weight excluding hydrogens is 206 g/mol. The number of rotatable bonds is 5. The Morgan fingerprint density at radius 1 is 1.33 bits per heavy atom. The Bertz CT molecular complexity index is 255. The van der Waals surface area contributed by atoms with Crippen molar-refractivity contribution >= 4 is 11.3 Å². The van der Waals surface area contributed by atoms with Crippen LogP contribution < -0.4 is 5.32 Å². The molecule has 2 heterocycles. The zero-order chi connectivity index (χ0) is 10.3. The van der Waals surface area contributed by atoms with Gasteiger partial charge in [0.25, 0.3) is 0 Å². The van der Waals surface area contributed by atoms with E-state index >= 15 is 0 Å². The predicted molar refractivity (Wildman–Crippen MR) is 64.1 cm³/mol. The summed E-state index contributed by atoms with van der Waals surface area (Å²) < 4.78 is 0. The summed E-state index contributed by atoms with van der Waals surface area (Å²) in [5, 5.41) is 3.46. The maximum absolute atomic E-state index is 4.06. The fourth-order valence-corrected chi connectivity index (χ4v) is 2.53. The number of likely N-dealkylation sites (tertiary alicyclic amines) is 1. The van der Waals surface area contributed by atoms with E-state index in [4.69, 9.17) is 0 Å². The van der Waals surface area contributed by atoms with Gasteiger partial charge in [0.05, 0.1) is 5.51 Å². The Morgan fingerprint density at radius 3 is 2.93 bits per heavy atom. The van der Waals surface area contributed by atoms with Gasteiger partial charge in [-0.25, -0.2) is 0 Å². The van der Waals surface area contributed by atoms with Gasteiger partial charge < -0.3 is 10.2 Å². The van der Waals surface area contributed by atoms with Gasteiger partial charge in [0.15, 0.2) is 0 Å². The summed E-state index contributed by atoms with van der Waals surface area (Å²) in [6.45, 7) is 5.85. The first kappa shape index (κ1) is 11.0. The predicted octanol–water partition coefficient (Wildman–Crippen LogP) is 1.72. The molecule has 1 aromatic rings. The highest BCUT2D eigenvalue weighted by Crippen LogP contribution is 2.07. The van der Waals surface area contributed by atoms with Crippen molar-refractivity contribution in [3.63, 3.8) is 0 Å². The Balaban J connectivity index is 1.54. The standard InChI is InChI=1S/C11H19N3S/c1-2-5-14(6-3-1)7-4-12-8-11-9-13-10-15-11/h9-10,12H,1-8H2. The van der Waals surface area contributed by atoms with Crippen LogP contribution in [0.25, 0.3) is 0 Å². The van der Waals surface area contributed by atoms with Crippen LogP contribution in [0.2, 0.25) is 0 Å². The lowest BCUT2D eigenvalue weighted by Gasteiger charge is -2.26. The normalized spacial score (nSPS) is 18.1. The van der Waals surface area contributed by atoms with Crippen molar-refractivity contribution in [2.75, 3.05) is 26.2 Å². The van der Waals surface area contributed by atoms with Crippen LogP contribution in [0.4, 0.5) is 0 Å². The van der Waals surface area contributed by atoms with E-state index in [1.54, 1.807) is 11.3 Å². The molecule has 0 atom stereocenters. The van der Waals surface area contributed by atoms with Crippen LogP contribution >= 0.6 is 11.3 Å². The van der Waals surface area contributed by atoms with Gasteiger partial charge in [-0.15, -0.1) is 11.3 Å². The molecule has 1 fully saturated rings. The van der Waals surface area contributed by atoms with Crippen molar-refractivity contribution < 1.29 is 0 Å². The average molecular weight is 225 g/mol. The molecule has 1 aromatic heterocycles. The zero-order valence-electron chi connectivity index (χ0n) is 9.11. The average Bonchev–Trinajstić information content (AvgIpc) is 2.79. The van der Waals surface area contributed by atoms with Gasteiger partial charge in [-0.2, -0.15) is 0 Å². The molecule has 84 valence electrons. The van der Waals surface area contributed by atoms with Gasteiger partial charge in [-0.05, 0) is 25.9 Å². The Morgan fingerprint density at radius 2 is 2.20 bits per heavy atom. The second-order valence-electron chi connectivity index (χ2n) is 4.05. The lowest BCUT2D eigenvalue weighted by molar-refractivity contribution is 0.229. The molecule has 1 aliphatic rings. The highest BCUT2D eigenvalue weighted by atomic mass is 32.1. The van der Waals surface area contributed by atoms with Gasteiger partial charge in [-0.3, -0.25) is 4.98 Å². The molecule has 0 bridgehead atoms. The van der Waals surface area contributed by atoms with Gasteiger partial charge in [0.2, 0.25) is 0 Å². The fourth-order valence-electron chi connectivity index (χ4n) is 1.96. The molecule has 3 nitrogen and oxygen atoms in total. The Kier molecular flexibility index (Phi) is 4.57.